The fourth-order valence-corrected chi connectivity index (χ4v) is 2.16. The largest absolute Gasteiger partial charge is 0.507 e. The van der Waals surface area contributed by atoms with Crippen LogP contribution in [-0.4, -0.2) is 47.0 Å². The van der Waals surface area contributed by atoms with Gasteiger partial charge in [0.15, 0.2) is 0 Å². The lowest BCUT2D eigenvalue weighted by Gasteiger charge is -2.22. The highest BCUT2D eigenvalue weighted by Crippen LogP contribution is 2.22. The average Bonchev–Trinajstić information content (AvgIpc) is 2.50. The lowest BCUT2D eigenvalue weighted by molar-refractivity contribution is -0.139. The molecular formula is C18H25ClN2O5. The number of hydrogen-bond donors (Lipinski definition) is 4. The van der Waals surface area contributed by atoms with Gasteiger partial charge in [-0.1, -0.05) is 23.8 Å². The van der Waals surface area contributed by atoms with Crippen LogP contribution >= 0.6 is 11.6 Å². The number of carboxylic acids is 1. The van der Waals surface area contributed by atoms with Gasteiger partial charge in [0.05, 0.1) is 0 Å². The molecule has 0 heterocycles. The Morgan fingerprint density at radius 2 is 2.04 bits per heavy atom. The van der Waals surface area contributed by atoms with E-state index in [1.165, 1.54) is 6.07 Å². The van der Waals surface area contributed by atoms with Crippen molar-refractivity contribution in [2.24, 2.45) is 0 Å². The zero-order valence-electron chi connectivity index (χ0n) is 15.1. The number of benzene rings is 1. The van der Waals surface area contributed by atoms with Gasteiger partial charge in [0.1, 0.15) is 17.4 Å². The van der Waals surface area contributed by atoms with Crippen LogP contribution < -0.4 is 10.6 Å². The molecule has 0 aliphatic heterocycles. The maximum Gasteiger partial charge on any atom is 0.408 e. The zero-order chi connectivity index (χ0) is 19.7. The summed E-state index contributed by atoms with van der Waals surface area (Å²) >= 11 is 5.86. The van der Waals surface area contributed by atoms with Crippen molar-refractivity contribution in [2.45, 2.75) is 38.8 Å². The second kappa shape index (κ2) is 10.0. The maximum atomic E-state index is 11.7. The molecule has 0 fully saturated rings. The van der Waals surface area contributed by atoms with Gasteiger partial charge >= 0.3 is 12.1 Å². The minimum absolute atomic E-state index is 0.123. The summed E-state index contributed by atoms with van der Waals surface area (Å²) in [6, 6.07) is 3.70. The van der Waals surface area contributed by atoms with Gasteiger partial charge in [-0.15, -0.1) is 0 Å². The molecule has 1 aromatic carbocycles. The predicted molar refractivity (Wildman–Crippen MR) is 100 cm³/mol. The molecule has 1 rings (SSSR count). The molecule has 8 heteroatoms. The number of hydrogen-bond acceptors (Lipinski definition) is 5. The molecule has 1 unspecified atom stereocenters. The number of nitrogens with one attached hydrogen (secondary N) is 2. The minimum atomic E-state index is -1.13. The van der Waals surface area contributed by atoms with Gasteiger partial charge in [-0.2, -0.15) is 0 Å². The van der Waals surface area contributed by atoms with Crippen molar-refractivity contribution in [3.8, 4) is 5.75 Å². The molecular weight excluding hydrogens is 360 g/mol. The first-order chi connectivity index (χ1) is 12.1. The summed E-state index contributed by atoms with van der Waals surface area (Å²) < 4.78 is 5.05. The molecule has 0 aromatic heterocycles. The molecule has 0 spiro atoms. The SMILES string of the molecule is CC(C)(C)OC(=O)NC(CCNCC=Cc1cc(Cl)ccc1O)C(=O)O. The number of halogens is 1. The standard InChI is InChI=1S/C18H25ClN2O5/c1-18(2,3)26-17(25)21-14(16(23)24)8-10-20-9-4-5-12-11-13(19)6-7-15(12)22/h4-7,11,14,20,22H,8-10H2,1-3H3,(H,21,25)(H,23,24). The summed E-state index contributed by atoms with van der Waals surface area (Å²) in [5.41, 5.74) is -0.100. The number of phenols is 1. The van der Waals surface area contributed by atoms with Crippen LogP contribution in [0.1, 0.15) is 32.8 Å². The Hall–Kier alpha value is -2.25. The van der Waals surface area contributed by atoms with Crippen molar-refractivity contribution >= 4 is 29.7 Å². The van der Waals surface area contributed by atoms with E-state index in [2.05, 4.69) is 10.6 Å². The average molecular weight is 385 g/mol. The highest BCUT2D eigenvalue weighted by Gasteiger charge is 2.23. The highest BCUT2D eigenvalue weighted by atomic mass is 35.5. The zero-order valence-corrected chi connectivity index (χ0v) is 15.8. The van der Waals surface area contributed by atoms with Crippen LogP contribution in [0.2, 0.25) is 5.02 Å². The van der Waals surface area contributed by atoms with Crippen LogP contribution in [0.4, 0.5) is 4.79 Å². The van der Waals surface area contributed by atoms with Gasteiger partial charge in [0.25, 0.3) is 0 Å². The van der Waals surface area contributed by atoms with Crippen molar-refractivity contribution in [1.29, 1.82) is 0 Å². The second-order valence-corrected chi connectivity index (χ2v) is 7.07. The van der Waals surface area contributed by atoms with E-state index in [-0.39, 0.29) is 12.2 Å². The molecule has 0 bridgehead atoms. The van der Waals surface area contributed by atoms with Gasteiger partial charge in [-0.05, 0) is 51.9 Å². The summed E-state index contributed by atoms with van der Waals surface area (Å²) in [4.78, 5) is 22.9. The summed E-state index contributed by atoms with van der Waals surface area (Å²) in [6.45, 7) is 5.94. The number of alkyl carbamates (subject to hydrolysis) is 1. The van der Waals surface area contributed by atoms with Crippen molar-refractivity contribution in [2.75, 3.05) is 13.1 Å². The summed E-state index contributed by atoms with van der Waals surface area (Å²) in [5, 5.41) is 24.8. The number of aliphatic carboxylic acids is 1. The number of carbonyl (C=O) groups excluding carboxylic acids is 1. The molecule has 0 saturated heterocycles. The van der Waals surface area contributed by atoms with E-state index in [4.69, 9.17) is 16.3 Å². The smallest absolute Gasteiger partial charge is 0.408 e. The number of carbonyl (C=O) groups is 2. The van der Waals surface area contributed by atoms with E-state index >= 15 is 0 Å². The van der Waals surface area contributed by atoms with Gasteiger partial charge in [0.2, 0.25) is 0 Å². The van der Waals surface area contributed by atoms with Gasteiger partial charge < -0.3 is 25.6 Å². The Morgan fingerprint density at radius 1 is 1.35 bits per heavy atom. The topological polar surface area (TPSA) is 108 Å². The fraction of sp³-hybridized carbons (Fsp3) is 0.444. The highest BCUT2D eigenvalue weighted by molar-refractivity contribution is 6.30. The lowest BCUT2D eigenvalue weighted by atomic mass is 10.2. The molecule has 1 amide bonds. The second-order valence-electron chi connectivity index (χ2n) is 6.64. The summed E-state index contributed by atoms with van der Waals surface area (Å²) in [7, 11) is 0. The lowest BCUT2D eigenvalue weighted by Crippen LogP contribution is -2.44. The Morgan fingerprint density at radius 3 is 2.65 bits per heavy atom. The van der Waals surface area contributed by atoms with Gasteiger partial charge in [0, 0.05) is 17.1 Å². The van der Waals surface area contributed by atoms with Crippen LogP contribution in [0, 0.1) is 0 Å². The van der Waals surface area contributed by atoms with Crippen LogP contribution in [0.5, 0.6) is 5.75 Å². The van der Waals surface area contributed by atoms with E-state index in [1.54, 1.807) is 45.1 Å². The quantitative estimate of drug-likeness (QED) is 0.513. The number of carboxylic acid groups (broad SMARTS) is 1. The Bertz CT molecular complexity index is 655. The van der Waals surface area contributed by atoms with Crippen molar-refractivity contribution in [3.05, 3.63) is 34.9 Å². The first-order valence-electron chi connectivity index (χ1n) is 8.16. The van der Waals surface area contributed by atoms with E-state index in [0.29, 0.717) is 23.7 Å². The molecule has 0 saturated carbocycles. The minimum Gasteiger partial charge on any atom is -0.507 e. The molecule has 0 aliphatic rings. The van der Waals surface area contributed by atoms with E-state index in [9.17, 15) is 19.8 Å². The van der Waals surface area contributed by atoms with Crippen LogP contribution in [-0.2, 0) is 9.53 Å². The monoisotopic (exact) mass is 384 g/mol. The molecule has 1 atom stereocenters. The third-order valence-corrected chi connectivity index (χ3v) is 3.38. The molecule has 7 nitrogen and oxygen atoms in total. The number of aromatic hydroxyl groups is 1. The molecule has 1 aromatic rings. The number of amides is 1. The number of rotatable bonds is 8. The first-order valence-corrected chi connectivity index (χ1v) is 8.54. The van der Waals surface area contributed by atoms with Crippen molar-refractivity contribution < 1.29 is 24.5 Å². The normalized spacial score (nSPS) is 12.8. The molecule has 4 N–H and O–H groups in total. The fourth-order valence-electron chi connectivity index (χ4n) is 1.98. The summed E-state index contributed by atoms with van der Waals surface area (Å²) in [6.07, 6.45) is 2.93. The third-order valence-electron chi connectivity index (χ3n) is 3.15. The number of ether oxygens (including phenoxy) is 1. The third kappa shape index (κ3) is 8.73. The summed E-state index contributed by atoms with van der Waals surface area (Å²) in [5.74, 6) is -1.00. The van der Waals surface area contributed by atoms with E-state index in [0.717, 1.165) is 0 Å². The van der Waals surface area contributed by atoms with E-state index < -0.39 is 23.7 Å². The molecule has 144 valence electrons. The maximum absolute atomic E-state index is 11.7. The van der Waals surface area contributed by atoms with Crippen molar-refractivity contribution in [1.82, 2.24) is 10.6 Å². The van der Waals surface area contributed by atoms with Crippen LogP contribution in [0.15, 0.2) is 24.3 Å². The van der Waals surface area contributed by atoms with E-state index in [1.807, 2.05) is 0 Å². The molecule has 26 heavy (non-hydrogen) atoms. The Labute approximate surface area is 158 Å². The Kier molecular flexibility index (Phi) is 8.41. The first kappa shape index (κ1) is 21.8. The molecule has 0 radical (unpaired) electrons. The predicted octanol–water partition coefficient (Wildman–Crippen LogP) is 3.02. The van der Waals surface area contributed by atoms with Crippen LogP contribution in [0.25, 0.3) is 6.08 Å². The van der Waals surface area contributed by atoms with Gasteiger partial charge in [-0.25, -0.2) is 9.59 Å². The number of phenolic OH excluding ortho intramolecular Hbond substituents is 1. The van der Waals surface area contributed by atoms with Crippen molar-refractivity contribution in [3.63, 3.8) is 0 Å². The van der Waals surface area contributed by atoms with Gasteiger partial charge in [-0.3, -0.25) is 0 Å². The van der Waals surface area contributed by atoms with Crippen LogP contribution in [0.3, 0.4) is 0 Å². The molecule has 0 aliphatic carbocycles. The Balaban J connectivity index is 2.39.